The first-order chi connectivity index (χ1) is 11.0. The minimum absolute atomic E-state index is 0.0270. The van der Waals surface area contributed by atoms with Crippen LogP contribution in [0, 0.1) is 0 Å². The first kappa shape index (κ1) is 15.7. The highest BCUT2D eigenvalue weighted by Gasteiger charge is 2.24. The molecule has 3 rings (SSSR count). The fourth-order valence-electron chi connectivity index (χ4n) is 2.66. The van der Waals surface area contributed by atoms with Crippen molar-refractivity contribution in [2.75, 3.05) is 18.1 Å². The molecule has 0 unspecified atom stereocenters. The Bertz CT molecular complexity index is 773. The van der Waals surface area contributed by atoms with Crippen molar-refractivity contribution < 1.29 is 14.3 Å². The van der Waals surface area contributed by atoms with Crippen LogP contribution >= 0.6 is 15.9 Å². The number of nitrogens with zero attached hydrogens (tertiary/aromatic N) is 1. The molecular weight excluding hydrogens is 358 g/mol. The van der Waals surface area contributed by atoms with Gasteiger partial charge in [0.05, 0.1) is 0 Å². The predicted octanol–water partition coefficient (Wildman–Crippen LogP) is 3.62. The summed E-state index contributed by atoms with van der Waals surface area (Å²) in [5.74, 6) is 0.418. The van der Waals surface area contributed by atoms with Gasteiger partial charge in [-0.15, -0.1) is 0 Å². The normalized spacial score (nSPS) is 12.9. The van der Waals surface area contributed by atoms with Crippen molar-refractivity contribution in [1.29, 1.82) is 0 Å². The van der Waals surface area contributed by atoms with E-state index in [2.05, 4.69) is 15.9 Å². The summed E-state index contributed by atoms with van der Waals surface area (Å²) in [5.41, 5.74) is 2.68. The first-order valence-corrected chi connectivity index (χ1v) is 8.16. The number of amides is 1. The van der Waals surface area contributed by atoms with Gasteiger partial charge in [-0.25, -0.2) is 0 Å². The molecule has 1 amide bonds. The number of ether oxygens (including phenoxy) is 1. The van der Waals surface area contributed by atoms with Crippen LogP contribution in [0.2, 0.25) is 0 Å². The average molecular weight is 374 g/mol. The zero-order valence-corrected chi connectivity index (χ0v) is 14.3. The van der Waals surface area contributed by atoms with Crippen molar-refractivity contribution >= 4 is 33.3 Å². The van der Waals surface area contributed by atoms with Gasteiger partial charge in [-0.2, -0.15) is 0 Å². The molecule has 1 aliphatic rings. The fourth-order valence-corrected chi connectivity index (χ4v) is 3.07. The lowest BCUT2D eigenvalue weighted by atomic mass is 10.1. The van der Waals surface area contributed by atoms with E-state index in [-0.39, 0.29) is 18.3 Å². The van der Waals surface area contributed by atoms with Crippen LogP contribution in [0.25, 0.3) is 0 Å². The molecule has 2 aromatic rings. The molecule has 5 heteroatoms. The Kier molecular flexibility index (Phi) is 4.48. The molecular formula is C18H16BrNO3. The van der Waals surface area contributed by atoms with Crippen molar-refractivity contribution in [2.24, 2.45) is 0 Å². The largest absolute Gasteiger partial charge is 0.484 e. The molecule has 0 bridgehead atoms. The molecule has 4 nitrogen and oxygen atoms in total. The number of rotatable bonds is 4. The Labute approximate surface area is 143 Å². The maximum absolute atomic E-state index is 12.4. The molecule has 0 spiro atoms. The van der Waals surface area contributed by atoms with E-state index in [0.29, 0.717) is 17.9 Å². The van der Waals surface area contributed by atoms with Gasteiger partial charge in [0.15, 0.2) is 12.4 Å². The molecule has 0 aliphatic carbocycles. The maximum atomic E-state index is 12.4. The lowest BCUT2D eigenvalue weighted by Crippen LogP contribution is -2.33. The van der Waals surface area contributed by atoms with Crippen LogP contribution in [0.3, 0.4) is 0 Å². The zero-order chi connectivity index (χ0) is 16.4. The minimum atomic E-state index is -0.0840. The Morgan fingerprint density at radius 1 is 1.22 bits per heavy atom. The number of benzene rings is 2. The summed E-state index contributed by atoms with van der Waals surface area (Å²) in [4.78, 5) is 25.5. The van der Waals surface area contributed by atoms with E-state index in [1.165, 1.54) is 6.92 Å². The van der Waals surface area contributed by atoms with Crippen molar-refractivity contribution in [2.45, 2.75) is 13.3 Å². The van der Waals surface area contributed by atoms with E-state index in [9.17, 15) is 9.59 Å². The third-order valence-corrected chi connectivity index (χ3v) is 4.33. The number of halogens is 1. The maximum Gasteiger partial charge on any atom is 0.264 e. The quantitative estimate of drug-likeness (QED) is 0.768. The SMILES string of the molecule is CC(=O)c1cccc(OCC(=O)N2CCc3cc(Br)ccc32)c1. The minimum Gasteiger partial charge on any atom is -0.484 e. The summed E-state index contributed by atoms with van der Waals surface area (Å²) in [7, 11) is 0. The smallest absolute Gasteiger partial charge is 0.264 e. The number of carbonyl (C=O) groups is 2. The second-order valence-electron chi connectivity index (χ2n) is 5.44. The molecule has 2 aromatic carbocycles. The van der Waals surface area contributed by atoms with Crippen LogP contribution in [-0.4, -0.2) is 24.8 Å². The number of anilines is 1. The van der Waals surface area contributed by atoms with Gasteiger partial charge < -0.3 is 9.64 Å². The number of carbonyl (C=O) groups excluding carboxylic acids is 2. The van der Waals surface area contributed by atoms with E-state index < -0.39 is 0 Å². The van der Waals surface area contributed by atoms with Crippen LogP contribution in [0.15, 0.2) is 46.9 Å². The lowest BCUT2D eigenvalue weighted by Gasteiger charge is -2.17. The highest BCUT2D eigenvalue weighted by Crippen LogP contribution is 2.30. The van der Waals surface area contributed by atoms with E-state index in [0.717, 1.165) is 22.1 Å². The number of hydrogen-bond acceptors (Lipinski definition) is 3. The monoisotopic (exact) mass is 373 g/mol. The second-order valence-corrected chi connectivity index (χ2v) is 6.36. The van der Waals surface area contributed by atoms with Gasteiger partial charge in [0, 0.05) is 22.3 Å². The third-order valence-electron chi connectivity index (χ3n) is 3.84. The van der Waals surface area contributed by atoms with E-state index >= 15 is 0 Å². The Hall–Kier alpha value is -2.14. The van der Waals surface area contributed by atoms with Crippen LogP contribution in [0.1, 0.15) is 22.8 Å². The Balaban J connectivity index is 1.67. The van der Waals surface area contributed by atoms with Crippen molar-refractivity contribution in [3.63, 3.8) is 0 Å². The number of fused-ring (bicyclic) bond motifs is 1. The Morgan fingerprint density at radius 3 is 2.83 bits per heavy atom. The molecule has 0 saturated carbocycles. The van der Waals surface area contributed by atoms with Crippen LogP contribution in [0.5, 0.6) is 5.75 Å². The number of hydrogen-bond donors (Lipinski definition) is 0. The molecule has 23 heavy (non-hydrogen) atoms. The van der Waals surface area contributed by atoms with E-state index in [1.54, 1.807) is 29.2 Å². The van der Waals surface area contributed by atoms with Crippen molar-refractivity contribution in [3.8, 4) is 5.75 Å². The van der Waals surface area contributed by atoms with Gasteiger partial charge in [-0.1, -0.05) is 28.1 Å². The highest BCUT2D eigenvalue weighted by atomic mass is 79.9. The van der Waals surface area contributed by atoms with Crippen molar-refractivity contribution in [3.05, 3.63) is 58.1 Å². The van der Waals surface area contributed by atoms with Gasteiger partial charge in [0.2, 0.25) is 0 Å². The van der Waals surface area contributed by atoms with E-state index in [1.807, 2.05) is 18.2 Å². The Morgan fingerprint density at radius 2 is 2.04 bits per heavy atom. The predicted molar refractivity (Wildman–Crippen MR) is 92.1 cm³/mol. The summed E-state index contributed by atoms with van der Waals surface area (Å²) in [6, 6.07) is 12.8. The number of ketones is 1. The highest BCUT2D eigenvalue weighted by molar-refractivity contribution is 9.10. The summed E-state index contributed by atoms with van der Waals surface area (Å²) in [5, 5.41) is 0. The molecule has 0 fully saturated rings. The van der Waals surface area contributed by atoms with Gasteiger partial charge in [0.1, 0.15) is 5.75 Å². The average Bonchev–Trinajstić information content (AvgIpc) is 2.95. The van der Waals surface area contributed by atoms with Crippen LogP contribution in [0.4, 0.5) is 5.69 Å². The fraction of sp³-hybridized carbons (Fsp3) is 0.222. The molecule has 1 heterocycles. The van der Waals surface area contributed by atoms with Crippen LogP contribution in [-0.2, 0) is 11.2 Å². The summed E-state index contributed by atoms with van der Waals surface area (Å²) >= 11 is 3.45. The lowest BCUT2D eigenvalue weighted by molar-refractivity contribution is -0.120. The molecule has 0 N–H and O–H groups in total. The second kappa shape index (κ2) is 6.54. The van der Waals surface area contributed by atoms with E-state index in [4.69, 9.17) is 4.74 Å². The molecule has 118 valence electrons. The van der Waals surface area contributed by atoms with Gasteiger partial charge in [-0.3, -0.25) is 9.59 Å². The first-order valence-electron chi connectivity index (χ1n) is 7.37. The van der Waals surface area contributed by atoms with Gasteiger partial charge in [0.25, 0.3) is 5.91 Å². The number of Topliss-reactive ketones (excluding diaryl/α,β-unsaturated/α-hetero) is 1. The molecule has 0 saturated heterocycles. The standard InChI is InChI=1S/C18H16BrNO3/c1-12(21)13-3-2-4-16(10-13)23-11-18(22)20-8-7-14-9-15(19)5-6-17(14)20/h2-6,9-10H,7-8,11H2,1H3. The molecule has 0 atom stereocenters. The van der Waals surface area contributed by atoms with Gasteiger partial charge >= 0.3 is 0 Å². The van der Waals surface area contributed by atoms with Gasteiger partial charge in [-0.05, 0) is 49.2 Å². The molecule has 0 aromatic heterocycles. The van der Waals surface area contributed by atoms with Crippen LogP contribution < -0.4 is 9.64 Å². The molecule has 0 radical (unpaired) electrons. The third kappa shape index (κ3) is 3.45. The summed E-state index contributed by atoms with van der Waals surface area (Å²) < 4.78 is 6.57. The summed E-state index contributed by atoms with van der Waals surface area (Å²) in [6.07, 6.45) is 0.848. The zero-order valence-electron chi connectivity index (χ0n) is 12.7. The topological polar surface area (TPSA) is 46.6 Å². The summed E-state index contributed by atoms with van der Waals surface area (Å²) in [6.45, 7) is 2.13. The molecule has 1 aliphatic heterocycles. The van der Waals surface area contributed by atoms with Crippen molar-refractivity contribution in [1.82, 2.24) is 0 Å².